The highest BCUT2D eigenvalue weighted by molar-refractivity contribution is 9.11. The molecule has 0 spiro atoms. The van der Waals surface area contributed by atoms with E-state index in [4.69, 9.17) is 0 Å². The van der Waals surface area contributed by atoms with Gasteiger partial charge in [-0.05, 0) is 45.7 Å². The van der Waals surface area contributed by atoms with Gasteiger partial charge in [-0.2, -0.15) is 0 Å². The first-order chi connectivity index (χ1) is 6.20. The number of hydrogen-bond donors (Lipinski definition) is 0. The molecule has 0 fully saturated rings. The van der Waals surface area contributed by atoms with Crippen molar-refractivity contribution >= 4 is 37.5 Å². The second-order valence-corrected chi connectivity index (χ2v) is 4.33. The second-order valence-electron chi connectivity index (χ2n) is 2.62. The Morgan fingerprint density at radius 3 is 2.00 bits per heavy atom. The zero-order chi connectivity index (χ0) is 9.84. The Bertz CT molecular complexity index is 265. The quantitative estimate of drug-likeness (QED) is 0.850. The Kier molecular flexibility index (Phi) is 4.19. The van der Waals surface area contributed by atoms with Crippen LogP contribution in [-0.4, -0.2) is 18.1 Å². The minimum absolute atomic E-state index is 0.998. The van der Waals surface area contributed by atoms with E-state index >= 15 is 0 Å². The van der Waals surface area contributed by atoms with Crippen molar-refractivity contribution in [2.45, 2.75) is 13.8 Å². The molecular weight excluding hydrogens is 296 g/mol. The molecule has 0 amide bonds. The first-order valence-corrected chi connectivity index (χ1v) is 5.83. The van der Waals surface area contributed by atoms with E-state index in [1.807, 2.05) is 12.4 Å². The predicted molar refractivity (Wildman–Crippen MR) is 63.2 cm³/mol. The Morgan fingerprint density at radius 2 is 1.62 bits per heavy atom. The largest absolute Gasteiger partial charge is 0.370 e. The minimum atomic E-state index is 0.998. The van der Waals surface area contributed by atoms with Crippen LogP contribution in [0, 0.1) is 0 Å². The van der Waals surface area contributed by atoms with Gasteiger partial charge < -0.3 is 4.90 Å². The molecule has 4 heteroatoms. The summed E-state index contributed by atoms with van der Waals surface area (Å²) in [6, 6.07) is 0. The Labute approximate surface area is 95.6 Å². The van der Waals surface area contributed by atoms with Crippen molar-refractivity contribution < 1.29 is 0 Å². The molecule has 0 aliphatic carbocycles. The SMILES string of the molecule is CCN(CC)c1c(Br)cncc1Br. The van der Waals surface area contributed by atoms with Crippen LogP contribution in [0.2, 0.25) is 0 Å². The molecule has 0 N–H and O–H groups in total. The molecule has 0 saturated heterocycles. The number of rotatable bonds is 3. The summed E-state index contributed by atoms with van der Waals surface area (Å²) in [5, 5.41) is 0. The third kappa shape index (κ3) is 2.44. The number of nitrogens with zero attached hydrogens (tertiary/aromatic N) is 2. The Hall–Kier alpha value is -0.0900. The van der Waals surface area contributed by atoms with Gasteiger partial charge in [-0.25, -0.2) is 0 Å². The molecule has 1 heterocycles. The van der Waals surface area contributed by atoms with Gasteiger partial charge in [-0.1, -0.05) is 0 Å². The summed E-state index contributed by atoms with van der Waals surface area (Å²) in [4.78, 5) is 6.35. The normalized spacial score (nSPS) is 10.2. The lowest BCUT2D eigenvalue weighted by Crippen LogP contribution is -2.22. The average Bonchev–Trinajstić information content (AvgIpc) is 2.11. The monoisotopic (exact) mass is 306 g/mol. The smallest absolute Gasteiger partial charge is 0.0686 e. The maximum absolute atomic E-state index is 4.08. The van der Waals surface area contributed by atoms with Crippen molar-refractivity contribution in [2.75, 3.05) is 18.0 Å². The minimum Gasteiger partial charge on any atom is -0.370 e. The lowest BCUT2D eigenvalue weighted by atomic mass is 10.3. The predicted octanol–water partition coefficient (Wildman–Crippen LogP) is 3.45. The highest BCUT2D eigenvalue weighted by Crippen LogP contribution is 2.32. The number of halogens is 2. The fraction of sp³-hybridized carbons (Fsp3) is 0.444. The standard InChI is InChI=1S/C9H12Br2N2/c1-3-13(4-2)9-7(10)5-12-6-8(9)11/h5-6H,3-4H2,1-2H3. The fourth-order valence-electron chi connectivity index (χ4n) is 1.25. The molecule has 0 atom stereocenters. The molecule has 0 aliphatic heterocycles. The lowest BCUT2D eigenvalue weighted by molar-refractivity contribution is 0.859. The molecule has 0 radical (unpaired) electrons. The molecule has 0 aromatic carbocycles. The number of hydrogen-bond acceptors (Lipinski definition) is 2. The molecular formula is C9H12Br2N2. The summed E-state index contributed by atoms with van der Waals surface area (Å²) < 4.78 is 2.07. The van der Waals surface area contributed by atoms with Gasteiger partial charge in [0, 0.05) is 25.5 Å². The maximum atomic E-state index is 4.08. The van der Waals surface area contributed by atoms with E-state index in [-0.39, 0.29) is 0 Å². The highest BCUT2D eigenvalue weighted by Gasteiger charge is 2.10. The van der Waals surface area contributed by atoms with E-state index in [0.29, 0.717) is 0 Å². The van der Waals surface area contributed by atoms with Gasteiger partial charge in [0.05, 0.1) is 14.6 Å². The summed E-state index contributed by atoms with van der Waals surface area (Å²) in [5.74, 6) is 0. The number of aromatic nitrogens is 1. The number of pyridine rings is 1. The first-order valence-electron chi connectivity index (χ1n) is 4.24. The molecule has 2 nitrogen and oxygen atoms in total. The highest BCUT2D eigenvalue weighted by atomic mass is 79.9. The molecule has 0 aliphatic rings. The van der Waals surface area contributed by atoms with Gasteiger partial charge in [0.1, 0.15) is 0 Å². The second kappa shape index (κ2) is 4.96. The van der Waals surface area contributed by atoms with Crippen LogP contribution in [-0.2, 0) is 0 Å². The summed E-state index contributed by atoms with van der Waals surface area (Å²) in [5.41, 5.74) is 1.18. The van der Waals surface area contributed by atoms with Gasteiger partial charge in [0.2, 0.25) is 0 Å². The van der Waals surface area contributed by atoms with E-state index < -0.39 is 0 Å². The molecule has 13 heavy (non-hydrogen) atoms. The van der Waals surface area contributed by atoms with Crippen LogP contribution in [0.1, 0.15) is 13.8 Å². The van der Waals surface area contributed by atoms with Gasteiger partial charge >= 0.3 is 0 Å². The van der Waals surface area contributed by atoms with Gasteiger partial charge in [-0.3, -0.25) is 4.98 Å². The third-order valence-electron chi connectivity index (χ3n) is 1.91. The molecule has 1 aromatic heterocycles. The summed E-state index contributed by atoms with van der Waals surface area (Å²) in [6.07, 6.45) is 3.64. The lowest BCUT2D eigenvalue weighted by Gasteiger charge is -2.23. The third-order valence-corrected chi connectivity index (χ3v) is 3.07. The van der Waals surface area contributed by atoms with Crippen LogP contribution < -0.4 is 4.90 Å². The molecule has 0 saturated carbocycles. The van der Waals surface area contributed by atoms with Gasteiger partial charge in [0.15, 0.2) is 0 Å². The van der Waals surface area contributed by atoms with Crippen LogP contribution in [0.3, 0.4) is 0 Å². The van der Waals surface area contributed by atoms with Crippen molar-refractivity contribution in [1.29, 1.82) is 0 Å². The summed E-state index contributed by atoms with van der Waals surface area (Å²) in [7, 11) is 0. The van der Waals surface area contributed by atoms with E-state index in [1.54, 1.807) is 0 Å². The fourth-order valence-corrected chi connectivity index (χ4v) is 2.68. The molecule has 72 valence electrons. The zero-order valence-corrected chi connectivity index (χ0v) is 10.9. The van der Waals surface area contributed by atoms with Gasteiger partial charge in [-0.15, -0.1) is 0 Å². The molecule has 0 bridgehead atoms. The van der Waals surface area contributed by atoms with Crippen molar-refractivity contribution in [3.63, 3.8) is 0 Å². The van der Waals surface area contributed by atoms with Crippen molar-refractivity contribution in [2.24, 2.45) is 0 Å². The summed E-state index contributed by atoms with van der Waals surface area (Å²) in [6.45, 7) is 6.28. The van der Waals surface area contributed by atoms with Crippen molar-refractivity contribution in [3.05, 3.63) is 21.3 Å². The first kappa shape index (κ1) is 11.0. The topological polar surface area (TPSA) is 16.1 Å². The van der Waals surface area contributed by atoms with Crippen LogP contribution >= 0.6 is 31.9 Å². The van der Waals surface area contributed by atoms with Crippen LogP contribution in [0.15, 0.2) is 21.3 Å². The van der Waals surface area contributed by atoms with Crippen LogP contribution in [0.5, 0.6) is 0 Å². The average molecular weight is 308 g/mol. The van der Waals surface area contributed by atoms with Crippen LogP contribution in [0.25, 0.3) is 0 Å². The van der Waals surface area contributed by atoms with Gasteiger partial charge in [0.25, 0.3) is 0 Å². The van der Waals surface area contributed by atoms with Crippen LogP contribution in [0.4, 0.5) is 5.69 Å². The Balaban J connectivity index is 3.10. The van der Waals surface area contributed by atoms with Crippen molar-refractivity contribution in [1.82, 2.24) is 4.98 Å². The zero-order valence-electron chi connectivity index (χ0n) is 7.72. The number of anilines is 1. The van der Waals surface area contributed by atoms with E-state index in [0.717, 1.165) is 22.0 Å². The van der Waals surface area contributed by atoms with E-state index in [9.17, 15) is 0 Å². The molecule has 1 rings (SSSR count). The maximum Gasteiger partial charge on any atom is 0.0686 e. The van der Waals surface area contributed by atoms with E-state index in [2.05, 4.69) is 55.6 Å². The molecule has 1 aromatic rings. The van der Waals surface area contributed by atoms with E-state index in [1.165, 1.54) is 5.69 Å². The summed E-state index contributed by atoms with van der Waals surface area (Å²) >= 11 is 6.99. The molecule has 0 unspecified atom stereocenters. The Morgan fingerprint density at radius 1 is 1.15 bits per heavy atom. The van der Waals surface area contributed by atoms with Crippen molar-refractivity contribution in [3.8, 4) is 0 Å².